The fourth-order valence-corrected chi connectivity index (χ4v) is 4.23. The molecule has 0 spiro atoms. The first kappa shape index (κ1) is 27.3. The Balaban J connectivity index is 2.01. The van der Waals surface area contributed by atoms with Crippen molar-refractivity contribution in [3.8, 4) is 29.1 Å². The van der Waals surface area contributed by atoms with Gasteiger partial charge >= 0.3 is 0 Å². The van der Waals surface area contributed by atoms with Crippen LogP contribution in [0.2, 0.25) is 0 Å². The molecule has 0 radical (unpaired) electrons. The van der Waals surface area contributed by atoms with Crippen LogP contribution in [-0.4, -0.2) is 53.2 Å². The van der Waals surface area contributed by atoms with Crippen molar-refractivity contribution in [2.24, 2.45) is 5.92 Å². The van der Waals surface area contributed by atoms with Gasteiger partial charge in [-0.15, -0.1) is 0 Å². The zero-order valence-corrected chi connectivity index (χ0v) is 21.2. The van der Waals surface area contributed by atoms with Gasteiger partial charge in [0.25, 0.3) is 0 Å². The SMILES string of the molecule is COc1ccc([C@@](C#N)(CCCN(C)CCc2ccc(OCF)c(OC)c2)C(C)C)cc1OC. The lowest BCUT2D eigenvalue weighted by molar-refractivity contribution is 0.184. The second-order valence-corrected chi connectivity index (χ2v) is 8.70. The normalized spacial score (nSPS) is 12.8. The van der Waals surface area contributed by atoms with E-state index >= 15 is 0 Å². The molecule has 0 saturated carbocycles. The maximum atomic E-state index is 12.5. The molecule has 186 valence electrons. The number of hydrogen-bond donors (Lipinski definition) is 0. The van der Waals surface area contributed by atoms with E-state index in [0.717, 1.165) is 43.5 Å². The number of nitrogens with zero attached hydrogens (tertiary/aromatic N) is 2. The Labute approximate surface area is 203 Å². The van der Waals surface area contributed by atoms with E-state index in [4.69, 9.17) is 18.9 Å². The minimum absolute atomic E-state index is 0.137. The molecule has 0 fully saturated rings. The predicted octanol–water partition coefficient (Wildman–Crippen LogP) is 5.39. The number of alkyl halides is 1. The molecule has 2 aromatic rings. The molecule has 0 aliphatic carbocycles. The van der Waals surface area contributed by atoms with E-state index in [9.17, 15) is 9.65 Å². The molecule has 0 unspecified atom stereocenters. The summed E-state index contributed by atoms with van der Waals surface area (Å²) in [6.45, 7) is 5.01. The van der Waals surface area contributed by atoms with Crippen LogP contribution >= 0.6 is 0 Å². The third kappa shape index (κ3) is 6.54. The molecule has 0 aliphatic heterocycles. The highest BCUT2D eigenvalue weighted by atomic mass is 19.1. The number of likely N-dealkylation sites (N-methyl/N-ethyl adjacent to an activating group) is 1. The minimum Gasteiger partial charge on any atom is -0.493 e. The summed E-state index contributed by atoms with van der Waals surface area (Å²) in [5, 5.41) is 10.2. The van der Waals surface area contributed by atoms with Crippen molar-refractivity contribution in [1.29, 1.82) is 5.26 Å². The van der Waals surface area contributed by atoms with Crippen LogP contribution in [0.1, 0.15) is 37.8 Å². The van der Waals surface area contributed by atoms with Crippen LogP contribution < -0.4 is 18.9 Å². The first-order chi connectivity index (χ1) is 16.3. The van der Waals surface area contributed by atoms with Gasteiger partial charge in [-0.05, 0) is 74.2 Å². The quantitative estimate of drug-likeness (QED) is 0.367. The predicted molar refractivity (Wildman–Crippen MR) is 132 cm³/mol. The summed E-state index contributed by atoms with van der Waals surface area (Å²) < 4.78 is 33.6. The highest BCUT2D eigenvalue weighted by molar-refractivity contribution is 5.47. The largest absolute Gasteiger partial charge is 0.493 e. The summed E-state index contributed by atoms with van der Waals surface area (Å²) in [4.78, 5) is 2.26. The van der Waals surface area contributed by atoms with Gasteiger partial charge in [-0.25, -0.2) is 4.39 Å². The minimum atomic E-state index is -0.887. The fourth-order valence-electron chi connectivity index (χ4n) is 4.23. The first-order valence-electron chi connectivity index (χ1n) is 11.5. The average Bonchev–Trinajstić information content (AvgIpc) is 2.85. The molecule has 0 aliphatic rings. The molecule has 1 atom stereocenters. The molecule has 2 rings (SSSR count). The third-order valence-electron chi connectivity index (χ3n) is 6.42. The van der Waals surface area contributed by atoms with Gasteiger partial charge in [0.15, 0.2) is 23.0 Å². The second kappa shape index (κ2) is 13.0. The number of nitriles is 1. The van der Waals surface area contributed by atoms with Gasteiger partial charge < -0.3 is 23.8 Å². The lowest BCUT2D eigenvalue weighted by atomic mass is 9.69. The fraction of sp³-hybridized carbons (Fsp3) is 0.519. The number of benzene rings is 2. The van der Waals surface area contributed by atoms with E-state index in [1.54, 1.807) is 27.4 Å². The van der Waals surface area contributed by atoms with E-state index in [1.807, 2.05) is 30.3 Å². The Morgan fingerprint density at radius 2 is 1.59 bits per heavy atom. The van der Waals surface area contributed by atoms with E-state index in [1.165, 1.54) is 0 Å². The molecular weight excluding hydrogens is 435 g/mol. The maximum absolute atomic E-state index is 12.5. The van der Waals surface area contributed by atoms with Gasteiger partial charge in [0.1, 0.15) is 0 Å². The van der Waals surface area contributed by atoms with E-state index in [0.29, 0.717) is 23.0 Å². The lowest BCUT2D eigenvalue weighted by Gasteiger charge is -2.32. The van der Waals surface area contributed by atoms with E-state index in [-0.39, 0.29) is 5.92 Å². The summed E-state index contributed by atoms with van der Waals surface area (Å²) in [6, 6.07) is 13.9. The summed E-state index contributed by atoms with van der Waals surface area (Å²) in [6.07, 6.45) is 2.44. The van der Waals surface area contributed by atoms with E-state index in [2.05, 4.69) is 31.9 Å². The second-order valence-electron chi connectivity index (χ2n) is 8.70. The zero-order chi connectivity index (χ0) is 25.1. The van der Waals surface area contributed by atoms with Crippen molar-refractivity contribution in [3.05, 3.63) is 47.5 Å². The molecule has 2 aromatic carbocycles. The Bertz CT molecular complexity index is 960. The maximum Gasteiger partial charge on any atom is 0.228 e. The Hall–Kier alpha value is -2.98. The van der Waals surface area contributed by atoms with Crippen molar-refractivity contribution in [2.45, 2.75) is 38.5 Å². The Kier molecular flexibility index (Phi) is 10.5. The summed E-state index contributed by atoms with van der Waals surface area (Å²) >= 11 is 0. The van der Waals surface area contributed by atoms with E-state index < -0.39 is 12.3 Å². The lowest BCUT2D eigenvalue weighted by Crippen LogP contribution is -2.32. The van der Waals surface area contributed by atoms with Crippen LogP contribution in [0.5, 0.6) is 23.0 Å². The van der Waals surface area contributed by atoms with Gasteiger partial charge in [-0.3, -0.25) is 0 Å². The van der Waals surface area contributed by atoms with Crippen molar-refractivity contribution >= 4 is 0 Å². The first-order valence-corrected chi connectivity index (χ1v) is 11.5. The highest BCUT2D eigenvalue weighted by Crippen LogP contribution is 2.40. The molecule has 0 aromatic heterocycles. The molecule has 6 nitrogen and oxygen atoms in total. The summed E-state index contributed by atoms with van der Waals surface area (Å²) in [5.74, 6) is 2.36. The summed E-state index contributed by atoms with van der Waals surface area (Å²) in [5.41, 5.74) is 1.43. The van der Waals surface area contributed by atoms with Crippen LogP contribution in [-0.2, 0) is 11.8 Å². The molecule has 0 heterocycles. The molecular formula is C27H37FN2O4. The van der Waals surface area contributed by atoms with Crippen LogP contribution in [0.15, 0.2) is 36.4 Å². The third-order valence-corrected chi connectivity index (χ3v) is 6.42. The van der Waals surface area contributed by atoms with Crippen LogP contribution in [0.25, 0.3) is 0 Å². The van der Waals surface area contributed by atoms with Crippen molar-refractivity contribution in [2.75, 3.05) is 48.3 Å². The van der Waals surface area contributed by atoms with Crippen molar-refractivity contribution in [1.82, 2.24) is 4.90 Å². The number of halogens is 1. The molecule has 7 heteroatoms. The number of rotatable bonds is 14. The molecule has 0 N–H and O–H groups in total. The molecule has 34 heavy (non-hydrogen) atoms. The van der Waals surface area contributed by atoms with Gasteiger partial charge in [-0.2, -0.15) is 5.26 Å². The van der Waals surface area contributed by atoms with Crippen molar-refractivity contribution in [3.63, 3.8) is 0 Å². The van der Waals surface area contributed by atoms with Gasteiger partial charge in [-0.1, -0.05) is 26.0 Å². The van der Waals surface area contributed by atoms with Gasteiger partial charge in [0.05, 0.1) is 32.8 Å². The standard InChI is InChI=1S/C27H37FN2O4/c1-20(2)27(18-29,22-9-11-23(31-4)26(17-22)33-6)13-7-14-30(3)15-12-21-8-10-24(34-19-28)25(16-21)32-5/h8-11,16-17,20H,7,12-15,19H2,1-6H3/t27-/m1/s1. The topological polar surface area (TPSA) is 64.0 Å². The molecule has 0 amide bonds. The van der Waals surface area contributed by atoms with Gasteiger partial charge in [0.2, 0.25) is 6.86 Å². The molecule has 0 saturated heterocycles. The molecule has 0 bridgehead atoms. The number of hydrogen-bond acceptors (Lipinski definition) is 6. The van der Waals surface area contributed by atoms with Crippen LogP contribution in [0.3, 0.4) is 0 Å². The Morgan fingerprint density at radius 3 is 2.18 bits per heavy atom. The number of ether oxygens (including phenoxy) is 4. The van der Waals surface area contributed by atoms with Crippen LogP contribution in [0, 0.1) is 17.2 Å². The summed E-state index contributed by atoms with van der Waals surface area (Å²) in [7, 11) is 6.84. The van der Waals surface area contributed by atoms with Crippen molar-refractivity contribution < 1.29 is 23.3 Å². The zero-order valence-electron chi connectivity index (χ0n) is 21.2. The Morgan fingerprint density at radius 1 is 0.941 bits per heavy atom. The highest BCUT2D eigenvalue weighted by Gasteiger charge is 2.36. The smallest absolute Gasteiger partial charge is 0.228 e. The number of methoxy groups -OCH3 is 3. The average molecular weight is 473 g/mol. The monoisotopic (exact) mass is 472 g/mol. The van der Waals surface area contributed by atoms with Gasteiger partial charge in [0, 0.05) is 6.54 Å². The van der Waals surface area contributed by atoms with Crippen LogP contribution in [0.4, 0.5) is 4.39 Å².